The van der Waals surface area contributed by atoms with Crippen LogP contribution in [0.2, 0.25) is 5.02 Å². The van der Waals surface area contributed by atoms with E-state index in [1.807, 2.05) is 11.9 Å². The minimum atomic E-state index is -0.109. The monoisotopic (exact) mass is 352 g/mol. The van der Waals surface area contributed by atoms with E-state index in [-0.39, 0.29) is 30.4 Å². The molecule has 1 saturated heterocycles. The van der Waals surface area contributed by atoms with Crippen LogP contribution in [0.25, 0.3) is 0 Å². The van der Waals surface area contributed by atoms with Gasteiger partial charge in [-0.05, 0) is 57.4 Å². The molecule has 2 rings (SSSR count). The van der Waals surface area contributed by atoms with Gasteiger partial charge in [-0.1, -0.05) is 11.6 Å². The van der Waals surface area contributed by atoms with Crippen molar-refractivity contribution < 1.29 is 14.5 Å². The van der Waals surface area contributed by atoms with Crippen LogP contribution in [0, 0.1) is 0 Å². The third-order valence-corrected chi connectivity index (χ3v) is 4.78. The topological polar surface area (TPSA) is 53.9 Å². The molecule has 1 heterocycles. The van der Waals surface area contributed by atoms with E-state index in [0.717, 1.165) is 17.7 Å². The smallest absolute Gasteiger partial charge is 0.279 e. The van der Waals surface area contributed by atoms with Crippen LogP contribution in [0.4, 0.5) is 5.69 Å². The number of carbonyl (C=O) groups is 2. The van der Waals surface area contributed by atoms with E-state index in [1.165, 1.54) is 6.42 Å². The number of quaternary nitrogens is 1. The van der Waals surface area contributed by atoms with E-state index in [2.05, 4.69) is 19.2 Å². The lowest BCUT2D eigenvalue weighted by Crippen LogP contribution is -3.11. The second-order valence-corrected chi connectivity index (χ2v) is 7.23. The Labute approximate surface area is 149 Å². The van der Waals surface area contributed by atoms with Crippen molar-refractivity contribution in [1.29, 1.82) is 0 Å². The summed E-state index contributed by atoms with van der Waals surface area (Å²) in [4.78, 5) is 27.5. The zero-order valence-corrected chi connectivity index (χ0v) is 15.4. The number of nitrogens with one attached hydrogen (secondary N) is 2. The van der Waals surface area contributed by atoms with Crippen LogP contribution < -0.4 is 10.2 Å². The Morgan fingerprint density at radius 2 is 1.75 bits per heavy atom. The molecule has 2 N–H and O–H groups in total. The van der Waals surface area contributed by atoms with Gasteiger partial charge in [-0.15, -0.1) is 0 Å². The summed E-state index contributed by atoms with van der Waals surface area (Å²) in [5.41, 5.74) is 0.710. The molecule has 1 aliphatic rings. The summed E-state index contributed by atoms with van der Waals surface area (Å²) in [5.74, 6) is 0.0221. The molecule has 1 aromatic carbocycles. The molecular weight excluding hydrogens is 326 g/mol. The van der Waals surface area contributed by atoms with Crippen LogP contribution in [0.15, 0.2) is 24.3 Å². The Bertz CT molecular complexity index is 566. The molecule has 1 aromatic rings. The highest BCUT2D eigenvalue weighted by Gasteiger charge is 2.30. The molecule has 3 atom stereocenters. The predicted molar refractivity (Wildman–Crippen MR) is 96.3 cm³/mol. The van der Waals surface area contributed by atoms with Crippen LogP contribution in [0.1, 0.15) is 33.1 Å². The van der Waals surface area contributed by atoms with Crippen molar-refractivity contribution >= 4 is 29.1 Å². The summed E-state index contributed by atoms with van der Waals surface area (Å²) >= 11 is 5.83. The molecule has 6 heteroatoms. The molecule has 0 radical (unpaired) electrons. The second kappa shape index (κ2) is 8.49. The first kappa shape index (κ1) is 18.7. The number of amides is 2. The molecule has 0 saturated carbocycles. The Balaban J connectivity index is 1.83. The predicted octanol–water partition coefficient (Wildman–Crippen LogP) is 1.58. The molecule has 24 heavy (non-hydrogen) atoms. The van der Waals surface area contributed by atoms with Gasteiger partial charge in [-0.25, -0.2) is 0 Å². The average molecular weight is 353 g/mol. The highest BCUT2D eigenvalue weighted by atomic mass is 35.5. The van der Waals surface area contributed by atoms with Gasteiger partial charge in [0, 0.05) is 22.8 Å². The first-order chi connectivity index (χ1) is 11.4. The normalized spacial score (nSPS) is 22.1. The number of benzene rings is 1. The quantitative estimate of drug-likeness (QED) is 0.845. The summed E-state index contributed by atoms with van der Waals surface area (Å²) in [6.07, 6.45) is 3.30. The van der Waals surface area contributed by atoms with Crippen LogP contribution in [0.5, 0.6) is 0 Å². The maximum atomic E-state index is 12.6. The Morgan fingerprint density at radius 1 is 1.17 bits per heavy atom. The van der Waals surface area contributed by atoms with Gasteiger partial charge in [0.05, 0.1) is 7.05 Å². The molecule has 1 aliphatic heterocycles. The Hall–Kier alpha value is -1.59. The minimum absolute atomic E-state index is 0.109. The molecule has 5 nitrogen and oxygen atoms in total. The summed E-state index contributed by atoms with van der Waals surface area (Å²) in [5, 5.41) is 3.46. The highest BCUT2D eigenvalue weighted by Crippen LogP contribution is 2.22. The van der Waals surface area contributed by atoms with Crippen molar-refractivity contribution in [1.82, 2.24) is 4.90 Å². The largest absolute Gasteiger partial charge is 0.332 e. The van der Waals surface area contributed by atoms with E-state index in [9.17, 15) is 9.59 Å². The van der Waals surface area contributed by atoms with Crippen LogP contribution in [-0.4, -0.2) is 48.9 Å². The molecule has 1 unspecified atom stereocenters. The van der Waals surface area contributed by atoms with Crippen molar-refractivity contribution in [3.8, 4) is 0 Å². The number of piperidine rings is 1. The summed E-state index contributed by atoms with van der Waals surface area (Å²) in [6.45, 7) is 4.81. The number of nitrogens with zero attached hydrogens (tertiary/aromatic N) is 1. The zero-order chi connectivity index (χ0) is 17.7. The lowest BCUT2D eigenvalue weighted by molar-refractivity contribution is -0.862. The molecule has 1 fully saturated rings. The SMILES string of the molecule is C[C@H]1CCC[C@H](C)N1C(=O)C[NH+](C)CC(=O)Nc1ccc(Cl)cc1. The fourth-order valence-electron chi connectivity index (χ4n) is 3.34. The number of anilines is 1. The number of hydrogen-bond acceptors (Lipinski definition) is 2. The standard InChI is InChI=1S/C18H26ClN3O2/c1-13-5-4-6-14(2)22(13)18(24)12-21(3)11-17(23)20-16-9-7-15(19)8-10-16/h7-10,13-14H,4-6,11-12H2,1-3H3,(H,20,23)/p+1/t13-,14-/m0/s1. The third-order valence-electron chi connectivity index (χ3n) is 4.52. The lowest BCUT2D eigenvalue weighted by atomic mass is 9.97. The van der Waals surface area contributed by atoms with E-state index < -0.39 is 0 Å². The number of halogens is 1. The second-order valence-electron chi connectivity index (χ2n) is 6.80. The van der Waals surface area contributed by atoms with Crippen LogP contribution >= 0.6 is 11.6 Å². The molecule has 0 bridgehead atoms. The van der Waals surface area contributed by atoms with Crippen molar-refractivity contribution in [2.45, 2.75) is 45.2 Å². The summed E-state index contributed by atoms with van der Waals surface area (Å²) in [6, 6.07) is 7.57. The van der Waals surface area contributed by atoms with Gasteiger partial charge in [0.15, 0.2) is 13.1 Å². The molecule has 2 amide bonds. The fourth-order valence-corrected chi connectivity index (χ4v) is 3.46. The summed E-state index contributed by atoms with van der Waals surface area (Å²) < 4.78 is 0. The number of hydrogen-bond donors (Lipinski definition) is 2. The van der Waals surface area contributed by atoms with Gasteiger partial charge in [0.25, 0.3) is 11.8 Å². The number of carbonyl (C=O) groups excluding carboxylic acids is 2. The van der Waals surface area contributed by atoms with Gasteiger partial charge in [0.1, 0.15) is 0 Å². The molecule has 0 spiro atoms. The van der Waals surface area contributed by atoms with Crippen LogP contribution in [0.3, 0.4) is 0 Å². The van der Waals surface area contributed by atoms with Gasteiger partial charge in [-0.3, -0.25) is 9.59 Å². The highest BCUT2D eigenvalue weighted by molar-refractivity contribution is 6.30. The molecular formula is C18H27ClN3O2+. The Morgan fingerprint density at radius 3 is 2.33 bits per heavy atom. The van der Waals surface area contributed by atoms with Crippen molar-refractivity contribution in [2.24, 2.45) is 0 Å². The van der Waals surface area contributed by atoms with E-state index in [4.69, 9.17) is 11.6 Å². The maximum Gasteiger partial charge on any atom is 0.279 e. The zero-order valence-electron chi connectivity index (χ0n) is 14.6. The average Bonchev–Trinajstić information content (AvgIpc) is 2.49. The summed E-state index contributed by atoms with van der Waals surface area (Å²) in [7, 11) is 1.87. The lowest BCUT2D eigenvalue weighted by Gasteiger charge is -2.39. The first-order valence-corrected chi connectivity index (χ1v) is 8.92. The number of rotatable bonds is 5. The van der Waals surface area contributed by atoms with Gasteiger partial charge in [0.2, 0.25) is 0 Å². The van der Waals surface area contributed by atoms with Crippen molar-refractivity contribution in [3.63, 3.8) is 0 Å². The molecule has 0 aromatic heterocycles. The number of likely N-dealkylation sites (tertiary alicyclic amines) is 1. The first-order valence-electron chi connectivity index (χ1n) is 8.54. The van der Waals surface area contributed by atoms with Crippen molar-refractivity contribution in [3.05, 3.63) is 29.3 Å². The van der Waals surface area contributed by atoms with Crippen molar-refractivity contribution in [2.75, 3.05) is 25.5 Å². The fraction of sp³-hybridized carbons (Fsp3) is 0.556. The number of likely N-dealkylation sites (N-methyl/N-ethyl adjacent to an activating group) is 1. The molecule has 0 aliphatic carbocycles. The maximum absolute atomic E-state index is 12.6. The van der Waals surface area contributed by atoms with Gasteiger partial charge >= 0.3 is 0 Å². The molecule has 132 valence electrons. The minimum Gasteiger partial charge on any atom is -0.332 e. The van der Waals surface area contributed by atoms with Gasteiger partial charge < -0.3 is 15.1 Å². The van der Waals surface area contributed by atoms with E-state index in [1.54, 1.807) is 24.3 Å². The Kier molecular flexibility index (Phi) is 6.63. The third kappa shape index (κ3) is 5.21. The van der Waals surface area contributed by atoms with E-state index >= 15 is 0 Å². The van der Waals surface area contributed by atoms with Gasteiger partial charge in [-0.2, -0.15) is 0 Å². The van der Waals surface area contributed by atoms with E-state index in [0.29, 0.717) is 17.3 Å². The van der Waals surface area contributed by atoms with Crippen LogP contribution in [-0.2, 0) is 9.59 Å².